The molecule has 7 nitrogen and oxygen atoms in total. The van der Waals surface area contributed by atoms with E-state index >= 15 is 0 Å². The average Bonchev–Trinajstić information content (AvgIpc) is 2.83. The number of anilines is 1. The molecule has 0 aromatic heterocycles. The maximum absolute atomic E-state index is 14.0. The lowest BCUT2D eigenvalue weighted by Gasteiger charge is -2.41. The van der Waals surface area contributed by atoms with E-state index in [4.69, 9.17) is 26.4 Å². The SMILES string of the molecule is CCOC(=O)COc1ccc2c(c1)C(=NNC(=S)Nc1ccccc1F)CC1(CCCCC1)O2. The summed E-state index contributed by atoms with van der Waals surface area (Å²) in [5.41, 5.74) is 4.34. The molecule has 2 aliphatic rings. The number of para-hydroxylation sites is 1. The summed E-state index contributed by atoms with van der Waals surface area (Å²) in [5.74, 6) is 0.387. The Morgan fingerprint density at radius 3 is 2.76 bits per heavy atom. The monoisotopic (exact) mass is 485 g/mol. The molecule has 1 heterocycles. The van der Waals surface area contributed by atoms with Crippen LogP contribution < -0.4 is 20.2 Å². The fourth-order valence-electron chi connectivity index (χ4n) is 4.33. The molecule has 0 bridgehead atoms. The number of nitrogens with zero attached hydrogens (tertiary/aromatic N) is 1. The fraction of sp³-hybridized carbons (Fsp3) is 0.400. The highest BCUT2D eigenvalue weighted by Crippen LogP contribution is 2.43. The number of carbonyl (C=O) groups excluding carboxylic acids is 1. The molecule has 180 valence electrons. The smallest absolute Gasteiger partial charge is 0.344 e. The van der Waals surface area contributed by atoms with Gasteiger partial charge in [0, 0.05) is 12.0 Å². The van der Waals surface area contributed by atoms with E-state index in [1.54, 1.807) is 37.3 Å². The van der Waals surface area contributed by atoms with Gasteiger partial charge in [-0.3, -0.25) is 5.43 Å². The zero-order chi connectivity index (χ0) is 24.0. The van der Waals surface area contributed by atoms with Gasteiger partial charge in [0.25, 0.3) is 0 Å². The first-order valence-electron chi connectivity index (χ1n) is 11.5. The van der Waals surface area contributed by atoms with Crippen LogP contribution in [0.1, 0.15) is 51.0 Å². The normalized spacial score (nSPS) is 17.4. The van der Waals surface area contributed by atoms with Crippen molar-refractivity contribution >= 4 is 34.7 Å². The predicted molar refractivity (Wildman–Crippen MR) is 132 cm³/mol. The number of hydrogen-bond acceptors (Lipinski definition) is 6. The van der Waals surface area contributed by atoms with Crippen LogP contribution in [0.25, 0.3) is 0 Å². The second-order valence-electron chi connectivity index (χ2n) is 8.38. The van der Waals surface area contributed by atoms with E-state index in [0.29, 0.717) is 24.5 Å². The number of carbonyl (C=O) groups is 1. The van der Waals surface area contributed by atoms with Crippen LogP contribution in [0.5, 0.6) is 11.5 Å². The maximum Gasteiger partial charge on any atom is 0.344 e. The van der Waals surface area contributed by atoms with Gasteiger partial charge in [-0.05, 0) is 75.2 Å². The largest absolute Gasteiger partial charge is 0.486 e. The lowest BCUT2D eigenvalue weighted by atomic mass is 9.78. The van der Waals surface area contributed by atoms with Gasteiger partial charge in [-0.25, -0.2) is 9.18 Å². The van der Waals surface area contributed by atoms with Crippen LogP contribution in [0.2, 0.25) is 0 Å². The van der Waals surface area contributed by atoms with Crippen molar-refractivity contribution in [3.63, 3.8) is 0 Å². The summed E-state index contributed by atoms with van der Waals surface area (Å²) in [7, 11) is 0. The van der Waals surface area contributed by atoms with Gasteiger partial charge in [-0.2, -0.15) is 5.10 Å². The van der Waals surface area contributed by atoms with Crippen molar-refractivity contribution < 1.29 is 23.4 Å². The molecule has 2 N–H and O–H groups in total. The third-order valence-electron chi connectivity index (χ3n) is 5.92. The van der Waals surface area contributed by atoms with Crippen LogP contribution >= 0.6 is 12.2 Å². The highest BCUT2D eigenvalue weighted by atomic mass is 32.1. The standard InChI is InChI=1S/C25H28FN3O4S/c1-2-31-23(30)16-32-17-10-11-22-18(14-17)21(15-25(33-22)12-6-3-7-13-25)28-29-24(34)27-20-9-5-4-8-19(20)26/h4-5,8-11,14H,2-3,6-7,12-13,15-16H2,1H3,(H2,27,29,34). The van der Waals surface area contributed by atoms with Crippen LogP contribution in [0.4, 0.5) is 10.1 Å². The second-order valence-corrected chi connectivity index (χ2v) is 8.79. The Hall–Kier alpha value is -3.20. The molecule has 0 radical (unpaired) electrons. The van der Waals surface area contributed by atoms with Crippen molar-refractivity contribution in [2.24, 2.45) is 5.10 Å². The van der Waals surface area contributed by atoms with E-state index in [1.165, 1.54) is 12.5 Å². The van der Waals surface area contributed by atoms with E-state index in [0.717, 1.165) is 37.0 Å². The summed E-state index contributed by atoms with van der Waals surface area (Å²) in [6, 6.07) is 11.7. The quantitative estimate of drug-likeness (QED) is 0.341. The predicted octanol–water partition coefficient (Wildman–Crippen LogP) is 4.94. The van der Waals surface area contributed by atoms with Crippen molar-refractivity contribution in [3.05, 3.63) is 53.8 Å². The van der Waals surface area contributed by atoms with Crippen LogP contribution in [-0.2, 0) is 9.53 Å². The molecule has 0 amide bonds. The number of hydrazone groups is 1. The van der Waals surface area contributed by atoms with Gasteiger partial charge in [0.2, 0.25) is 0 Å². The molecule has 2 aromatic carbocycles. The van der Waals surface area contributed by atoms with Crippen molar-refractivity contribution in [3.8, 4) is 11.5 Å². The summed E-state index contributed by atoms with van der Waals surface area (Å²) in [6.45, 7) is 1.86. The number of rotatable bonds is 6. The van der Waals surface area contributed by atoms with Crippen molar-refractivity contribution in [1.29, 1.82) is 0 Å². The van der Waals surface area contributed by atoms with Gasteiger partial charge in [0.15, 0.2) is 11.7 Å². The number of fused-ring (bicyclic) bond motifs is 1. The van der Waals surface area contributed by atoms with Crippen molar-refractivity contribution in [1.82, 2.24) is 5.43 Å². The minimum atomic E-state index is -0.433. The number of halogens is 1. The Morgan fingerprint density at radius 2 is 2.00 bits per heavy atom. The van der Waals surface area contributed by atoms with E-state index < -0.39 is 11.8 Å². The van der Waals surface area contributed by atoms with Gasteiger partial charge >= 0.3 is 5.97 Å². The van der Waals surface area contributed by atoms with Crippen LogP contribution in [-0.4, -0.2) is 35.6 Å². The minimum absolute atomic E-state index is 0.179. The second kappa shape index (κ2) is 10.8. The molecular weight excluding hydrogens is 457 g/mol. The maximum atomic E-state index is 14.0. The number of thiocarbonyl (C=S) groups is 1. The highest BCUT2D eigenvalue weighted by molar-refractivity contribution is 7.80. The van der Waals surface area contributed by atoms with Crippen molar-refractivity contribution in [2.45, 2.75) is 51.0 Å². The summed E-state index contributed by atoms with van der Waals surface area (Å²) < 4.78 is 31.0. The molecule has 1 aliphatic carbocycles. The third-order valence-corrected chi connectivity index (χ3v) is 6.11. The van der Waals surface area contributed by atoms with E-state index in [2.05, 4.69) is 15.8 Å². The Morgan fingerprint density at radius 1 is 1.21 bits per heavy atom. The number of benzene rings is 2. The topological polar surface area (TPSA) is 81.2 Å². The number of ether oxygens (including phenoxy) is 3. The van der Waals surface area contributed by atoms with E-state index in [1.807, 2.05) is 6.07 Å². The van der Waals surface area contributed by atoms with Crippen LogP contribution in [0, 0.1) is 5.82 Å². The van der Waals surface area contributed by atoms with Gasteiger partial charge in [0.05, 0.1) is 18.0 Å². The van der Waals surface area contributed by atoms with Crippen LogP contribution in [0.15, 0.2) is 47.6 Å². The molecule has 1 saturated carbocycles. The molecule has 1 aliphatic heterocycles. The molecule has 2 aromatic rings. The number of esters is 1. The molecule has 0 saturated heterocycles. The Kier molecular flexibility index (Phi) is 7.62. The molecule has 0 atom stereocenters. The van der Waals surface area contributed by atoms with Crippen LogP contribution in [0.3, 0.4) is 0 Å². The Labute approximate surface area is 203 Å². The fourth-order valence-corrected chi connectivity index (χ4v) is 4.49. The summed E-state index contributed by atoms with van der Waals surface area (Å²) in [4.78, 5) is 11.7. The first-order chi connectivity index (χ1) is 16.5. The summed E-state index contributed by atoms with van der Waals surface area (Å²) >= 11 is 5.33. The third kappa shape index (κ3) is 5.83. The summed E-state index contributed by atoms with van der Waals surface area (Å²) in [6.07, 6.45) is 5.90. The van der Waals surface area contributed by atoms with Gasteiger partial charge in [0.1, 0.15) is 22.9 Å². The first-order valence-corrected chi connectivity index (χ1v) is 11.9. The minimum Gasteiger partial charge on any atom is -0.486 e. The molecule has 0 unspecified atom stereocenters. The number of nitrogens with one attached hydrogen (secondary N) is 2. The Balaban J connectivity index is 1.55. The lowest BCUT2D eigenvalue weighted by molar-refractivity contribution is -0.145. The van der Waals surface area contributed by atoms with Gasteiger partial charge in [-0.15, -0.1) is 0 Å². The first kappa shape index (κ1) is 23.9. The van der Waals surface area contributed by atoms with Gasteiger partial charge < -0.3 is 19.5 Å². The zero-order valence-corrected chi connectivity index (χ0v) is 19.9. The molecule has 1 fully saturated rings. The lowest BCUT2D eigenvalue weighted by Crippen LogP contribution is -2.44. The molecule has 1 spiro atoms. The van der Waals surface area contributed by atoms with Gasteiger partial charge in [-0.1, -0.05) is 18.6 Å². The molecular formula is C25H28FN3O4S. The molecule has 9 heteroatoms. The molecule has 4 rings (SSSR count). The number of hydrogen-bond donors (Lipinski definition) is 2. The van der Waals surface area contributed by atoms with E-state index in [9.17, 15) is 9.18 Å². The summed E-state index contributed by atoms with van der Waals surface area (Å²) in [5, 5.41) is 7.59. The molecule has 34 heavy (non-hydrogen) atoms. The highest BCUT2D eigenvalue weighted by Gasteiger charge is 2.40. The van der Waals surface area contributed by atoms with E-state index in [-0.39, 0.29) is 23.0 Å². The van der Waals surface area contributed by atoms with Crippen molar-refractivity contribution in [2.75, 3.05) is 18.5 Å². The Bertz CT molecular complexity index is 1090. The zero-order valence-electron chi connectivity index (χ0n) is 19.1. The average molecular weight is 486 g/mol.